The van der Waals surface area contributed by atoms with E-state index in [0.29, 0.717) is 11.6 Å². The molecule has 0 bridgehead atoms. The average molecular weight is 330 g/mol. The number of anilines is 1. The summed E-state index contributed by atoms with van der Waals surface area (Å²) in [7, 11) is 0. The van der Waals surface area contributed by atoms with Crippen LogP contribution in [0.4, 0.5) is 5.69 Å². The highest BCUT2D eigenvalue weighted by molar-refractivity contribution is 6.30. The largest absolute Gasteiger partial charge is 0.494 e. The molecule has 2 rings (SSSR count). The lowest BCUT2D eigenvalue weighted by Gasteiger charge is -2.06. The van der Waals surface area contributed by atoms with Gasteiger partial charge in [-0.25, -0.2) is 0 Å². The SMILES string of the molecule is CCCCOc1ccc(NC(=O)/C=C/c2ccc(Cl)cc2)cc1. The second-order valence-corrected chi connectivity index (χ2v) is 5.54. The lowest BCUT2D eigenvalue weighted by atomic mass is 10.2. The first kappa shape index (κ1) is 17.1. The molecule has 0 atom stereocenters. The lowest BCUT2D eigenvalue weighted by Crippen LogP contribution is -2.07. The number of carbonyl (C=O) groups is 1. The van der Waals surface area contributed by atoms with E-state index < -0.39 is 0 Å². The minimum atomic E-state index is -0.181. The van der Waals surface area contributed by atoms with Crippen molar-refractivity contribution >= 4 is 29.3 Å². The highest BCUT2D eigenvalue weighted by Gasteiger charge is 1.99. The third kappa shape index (κ3) is 6.17. The van der Waals surface area contributed by atoms with E-state index in [4.69, 9.17) is 16.3 Å². The van der Waals surface area contributed by atoms with Crippen molar-refractivity contribution in [3.05, 3.63) is 65.2 Å². The van der Waals surface area contributed by atoms with Gasteiger partial charge in [-0.2, -0.15) is 0 Å². The monoisotopic (exact) mass is 329 g/mol. The Morgan fingerprint density at radius 1 is 1.13 bits per heavy atom. The third-order valence-electron chi connectivity index (χ3n) is 3.19. The Hall–Kier alpha value is -2.26. The zero-order valence-electron chi connectivity index (χ0n) is 13.1. The summed E-state index contributed by atoms with van der Waals surface area (Å²) in [5.41, 5.74) is 1.66. The molecule has 0 unspecified atom stereocenters. The van der Waals surface area contributed by atoms with Crippen LogP contribution >= 0.6 is 11.6 Å². The van der Waals surface area contributed by atoms with Crippen LogP contribution in [-0.4, -0.2) is 12.5 Å². The normalized spacial score (nSPS) is 10.7. The van der Waals surface area contributed by atoms with Crippen molar-refractivity contribution in [2.45, 2.75) is 19.8 Å². The lowest BCUT2D eigenvalue weighted by molar-refractivity contribution is -0.111. The molecule has 1 amide bonds. The zero-order valence-corrected chi connectivity index (χ0v) is 13.8. The molecule has 0 radical (unpaired) electrons. The molecule has 0 heterocycles. The summed E-state index contributed by atoms with van der Waals surface area (Å²) < 4.78 is 5.58. The zero-order chi connectivity index (χ0) is 16.5. The number of benzene rings is 2. The number of carbonyl (C=O) groups excluding carboxylic acids is 1. The smallest absolute Gasteiger partial charge is 0.248 e. The van der Waals surface area contributed by atoms with Gasteiger partial charge in [-0.05, 0) is 54.5 Å². The standard InChI is InChI=1S/C19H20ClNO2/c1-2-3-14-23-18-11-9-17(10-12-18)21-19(22)13-6-15-4-7-16(20)8-5-15/h4-13H,2-3,14H2,1H3,(H,21,22)/b13-6+. The van der Waals surface area contributed by atoms with Gasteiger partial charge in [0.1, 0.15) is 5.75 Å². The molecule has 23 heavy (non-hydrogen) atoms. The van der Waals surface area contributed by atoms with Gasteiger partial charge in [-0.3, -0.25) is 4.79 Å². The first-order valence-corrected chi connectivity index (χ1v) is 8.02. The predicted molar refractivity (Wildman–Crippen MR) is 96.0 cm³/mol. The fourth-order valence-corrected chi connectivity index (χ4v) is 2.02. The Labute approximate surface area is 141 Å². The Balaban J connectivity index is 1.86. The number of nitrogens with one attached hydrogen (secondary N) is 1. The molecule has 2 aromatic carbocycles. The summed E-state index contributed by atoms with van der Waals surface area (Å²) in [4.78, 5) is 11.9. The van der Waals surface area contributed by atoms with Gasteiger partial charge in [-0.1, -0.05) is 37.1 Å². The molecule has 0 aliphatic heterocycles. The van der Waals surface area contributed by atoms with Crippen LogP contribution in [0.5, 0.6) is 5.75 Å². The number of halogens is 1. The molecule has 3 nitrogen and oxygen atoms in total. The van der Waals surface area contributed by atoms with Gasteiger partial charge >= 0.3 is 0 Å². The van der Waals surface area contributed by atoms with Crippen LogP contribution in [0.1, 0.15) is 25.3 Å². The molecule has 120 valence electrons. The van der Waals surface area contributed by atoms with Crippen LogP contribution in [0.3, 0.4) is 0 Å². The maximum absolute atomic E-state index is 11.9. The molecule has 0 aliphatic carbocycles. The fraction of sp³-hybridized carbons (Fsp3) is 0.211. The van der Waals surface area contributed by atoms with Crippen molar-refractivity contribution in [2.24, 2.45) is 0 Å². The summed E-state index contributed by atoms with van der Waals surface area (Å²) in [6.45, 7) is 2.84. The van der Waals surface area contributed by atoms with E-state index in [0.717, 1.165) is 29.8 Å². The van der Waals surface area contributed by atoms with Crippen LogP contribution < -0.4 is 10.1 Å². The first-order chi connectivity index (χ1) is 11.2. The quantitative estimate of drug-likeness (QED) is 0.562. The molecule has 0 spiro atoms. The number of hydrogen-bond donors (Lipinski definition) is 1. The highest BCUT2D eigenvalue weighted by Crippen LogP contribution is 2.16. The molecule has 0 saturated carbocycles. The Kier molecular flexibility index (Phi) is 6.70. The molecule has 1 N–H and O–H groups in total. The van der Waals surface area contributed by atoms with Gasteiger partial charge in [0.15, 0.2) is 0 Å². The Morgan fingerprint density at radius 2 is 1.83 bits per heavy atom. The van der Waals surface area contributed by atoms with Gasteiger partial charge in [0.05, 0.1) is 6.61 Å². The maximum atomic E-state index is 11.9. The van der Waals surface area contributed by atoms with E-state index in [2.05, 4.69) is 12.2 Å². The molecule has 4 heteroatoms. The predicted octanol–water partition coefficient (Wildman–Crippen LogP) is 5.17. The van der Waals surface area contributed by atoms with Gasteiger partial charge < -0.3 is 10.1 Å². The Bertz CT molecular complexity index is 648. The number of unbranched alkanes of at least 4 members (excludes halogenated alkanes) is 1. The average Bonchev–Trinajstić information content (AvgIpc) is 2.56. The van der Waals surface area contributed by atoms with E-state index in [1.807, 2.05) is 36.4 Å². The van der Waals surface area contributed by atoms with Crippen LogP contribution in [0.15, 0.2) is 54.6 Å². The number of amides is 1. The second kappa shape index (κ2) is 9.01. The molecular formula is C19H20ClNO2. The second-order valence-electron chi connectivity index (χ2n) is 5.10. The van der Waals surface area contributed by atoms with Crippen LogP contribution in [-0.2, 0) is 4.79 Å². The van der Waals surface area contributed by atoms with Crippen LogP contribution in [0.25, 0.3) is 6.08 Å². The fourth-order valence-electron chi connectivity index (χ4n) is 1.90. The van der Waals surface area contributed by atoms with Gasteiger partial charge in [0, 0.05) is 16.8 Å². The minimum absolute atomic E-state index is 0.181. The van der Waals surface area contributed by atoms with Gasteiger partial charge in [0.25, 0.3) is 0 Å². The number of ether oxygens (including phenoxy) is 1. The summed E-state index contributed by atoms with van der Waals surface area (Å²) >= 11 is 5.82. The number of rotatable bonds is 7. The van der Waals surface area contributed by atoms with Crippen molar-refractivity contribution in [3.8, 4) is 5.75 Å². The molecule has 2 aromatic rings. The van der Waals surface area contributed by atoms with Crippen molar-refractivity contribution in [1.29, 1.82) is 0 Å². The summed E-state index contributed by atoms with van der Waals surface area (Å²) in [6, 6.07) is 14.7. The summed E-state index contributed by atoms with van der Waals surface area (Å²) in [5, 5.41) is 3.48. The van der Waals surface area contributed by atoms with E-state index in [1.54, 1.807) is 18.2 Å². The molecule has 0 aromatic heterocycles. The molecular weight excluding hydrogens is 310 g/mol. The van der Waals surface area contributed by atoms with Crippen molar-refractivity contribution in [2.75, 3.05) is 11.9 Å². The third-order valence-corrected chi connectivity index (χ3v) is 3.44. The maximum Gasteiger partial charge on any atom is 0.248 e. The van der Waals surface area contributed by atoms with Gasteiger partial charge in [-0.15, -0.1) is 0 Å². The first-order valence-electron chi connectivity index (χ1n) is 7.65. The molecule has 0 aliphatic rings. The van der Waals surface area contributed by atoms with Crippen LogP contribution in [0, 0.1) is 0 Å². The Morgan fingerprint density at radius 3 is 2.48 bits per heavy atom. The van der Waals surface area contributed by atoms with Gasteiger partial charge in [0.2, 0.25) is 5.91 Å². The van der Waals surface area contributed by atoms with Crippen LogP contribution in [0.2, 0.25) is 5.02 Å². The van der Waals surface area contributed by atoms with Crippen molar-refractivity contribution in [1.82, 2.24) is 0 Å². The van der Waals surface area contributed by atoms with E-state index in [1.165, 1.54) is 6.08 Å². The topological polar surface area (TPSA) is 38.3 Å². The highest BCUT2D eigenvalue weighted by atomic mass is 35.5. The summed E-state index contributed by atoms with van der Waals surface area (Å²) in [5.74, 6) is 0.632. The minimum Gasteiger partial charge on any atom is -0.494 e. The molecule has 0 saturated heterocycles. The molecule has 0 fully saturated rings. The van der Waals surface area contributed by atoms with Crippen molar-refractivity contribution in [3.63, 3.8) is 0 Å². The van der Waals surface area contributed by atoms with E-state index in [-0.39, 0.29) is 5.91 Å². The van der Waals surface area contributed by atoms with E-state index >= 15 is 0 Å². The summed E-state index contributed by atoms with van der Waals surface area (Å²) in [6.07, 6.45) is 5.38. The van der Waals surface area contributed by atoms with Crippen molar-refractivity contribution < 1.29 is 9.53 Å². The number of hydrogen-bond acceptors (Lipinski definition) is 2. The van der Waals surface area contributed by atoms with E-state index in [9.17, 15) is 4.79 Å².